The number of hydrogen-bond acceptors (Lipinski definition) is 3. The molecule has 2 atom stereocenters. The maximum Gasteiger partial charge on any atom is 0.228 e. The van der Waals surface area contributed by atoms with Gasteiger partial charge in [-0.05, 0) is 26.2 Å². The van der Waals surface area contributed by atoms with E-state index in [-0.39, 0.29) is 30.3 Å². The van der Waals surface area contributed by atoms with Crippen molar-refractivity contribution in [2.45, 2.75) is 38.6 Å². The smallest absolute Gasteiger partial charge is 0.228 e. The molecule has 1 aliphatic rings. The summed E-state index contributed by atoms with van der Waals surface area (Å²) in [4.78, 5) is 12.1. The molecule has 3 N–H and O–H groups in total. The molecule has 18 heavy (non-hydrogen) atoms. The Hall–Kier alpha value is -1.07. The molecule has 1 aromatic rings. The van der Waals surface area contributed by atoms with Crippen LogP contribution < -0.4 is 11.1 Å². The van der Waals surface area contributed by atoms with E-state index in [9.17, 15) is 4.79 Å². The largest absolute Gasteiger partial charge is 0.328 e. The summed E-state index contributed by atoms with van der Waals surface area (Å²) in [5.74, 6) is 0.878. The van der Waals surface area contributed by atoms with Gasteiger partial charge in [-0.1, -0.05) is 6.42 Å². The van der Waals surface area contributed by atoms with Gasteiger partial charge in [0.1, 0.15) is 5.82 Å². The highest BCUT2D eigenvalue weighted by molar-refractivity contribution is 5.91. The molecule has 0 aromatic carbocycles. The number of carbonyl (C=O) groups excluding carboxylic acids is 1. The number of rotatable bonds is 2. The fourth-order valence-electron chi connectivity index (χ4n) is 2.42. The first-order chi connectivity index (χ1) is 8.06. The van der Waals surface area contributed by atoms with Crippen LogP contribution in [0.1, 0.15) is 31.4 Å². The van der Waals surface area contributed by atoms with Gasteiger partial charge in [0.25, 0.3) is 0 Å². The summed E-state index contributed by atoms with van der Waals surface area (Å²) in [6, 6.07) is 2.05. The molecule has 1 saturated carbocycles. The topological polar surface area (TPSA) is 72.9 Å². The average molecular weight is 273 g/mol. The summed E-state index contributed by atoms with van der Waals surface area (Å²) >= 11 is 0. The molecule has 0 aliphatic heterocycles. The second kappa shape index (κ2) is 6.20. The Morgan fingerprint density at radius 3 is 2.83 bits per heavy atom. The molecule has 0 radical (unpaired) electrons. The quantitative estimate of drug-likeness (QED) is 0.859. The number of halogens is 1. The molecule has 1 aromatic heterocycles. The van der Waals surface area contributed by atoms with Gasteiger partial charge in [-0.25, -0.2) is 0 Å². The Morgan fingerprint density at radius 1 is 1.56 bits per heavy atom. The van der Waals surface area contributed by atoms with Crippen molar-refractivity contribution in [3.63, 3.8) is 0 Å². The highest BCUT2D eigenvalue weighted by Crippen LogP contribution is 2.24. The van der Waals surface area contributed by atoms with E-state index in [0.29, 0.717) is 0 Å². The van der Waals surface area contributed by atoms with E-state index in [2.05, 4.69) is 10.4 Å². The first kappa shape index (κ1) is 15.0. The number of aromatic nitrogens is 2. The van der Waals surface area contributed by atoms with E-state index in [1.165, 1.54) is 0 Å². The summed E-state index contributed by atoms with van der Waals surface area (Å²) in [6.07, 6.45) is 3.82. The van der Waals surface area contributed by atoms with Gasteiger partial charge in [-0.3, -0.25) is 9.48 Å². The predicted molar refractivity (Wildman–Crippen MR) is 73.8 cm³/mol. The summed E-state index contributed by atoms with van der Waals surface area (Å²) in [5, 5.41) is 7.13. The lowest BCUT2D eigenvalue weighted by Gasteiger charge is -2.25. The molecule has 6 heteroatoms. The van der Waals surface area contributed by atoms with Gasteiger partial charge in [-0.2, -0.15) is 5.10 Å². The van der Waals surface area contributed by atoms with E-state index in [4.69, 9.17) is 5.73 Å². The fraction of sp³-hybridized carbons (Fsp3) is 0.667. The van der Waals surface area contributed by atoms with Crippen molar-refractivity contribution in [3.05, 3.63) is 11.8 Å². The molecule has 1 heterocycles. The average Bonchev–Trinajstić information content (AvgIpc) is 2.57. The van der Waals surface area contributed by atoms with Crippen LogP contribution in [-0.4, -0.2) is 21.7 Å². The second-order valence-electron chi connectivity index (χ2n) is 4.91. The van der Waals surface area contributed by atoms with Gasteiger partial charge in [0.05, 0.1) is 5.69 Å². The third kappa shape index (κ3) is 3.46. The molecule has 5 nitrogen and oxygen atoms in total. The monoisotopic (exact) mass is 272 g/mol. The Bertz CT molecular complexity index is 418. The Morgan fingerprint density at radius 2 is 2.28 bits per heavy atom. The van der Waals surface area contributed by atoms with Crippen molar-refractivity contribution in [1.82, 2.24) is 9.78 Å². The van der Waals surface area contributed by atoms with Gasteiger partial charge < -0.3 is 11.1 Å². The van der Waals surface area contributed by atoms with E-state index in [1.807, 2.05) is 20.0 Å². The highest BCUT2D eigenvalue weighted by Gasteiger charge is 2.25. The highest BCUT2D eigenvalue weighted by atomic mass is 35.5. The molecule has 1 fully saturated rings. The summed E-state index contributed by atoms with van der Waals surface area (Å²) in [7, 11) is 1.83. The summed E-state index contributed by atoms with van der Waals surface area (Å²) in [5.41, 5.74) is 6.80. The van der Waals surface area contributed by atoms with Crippen LogP contribution in [-0.2, 0) is 11.8 Å². The SMILES string of the molecule is Cc1cc(NC(=O)C2CCCC(N)C2)n(C)n1.Cl. The normalized spacial score (nSPS) is 23.3. The Kier molecular flexibility index (Phi) is 5.16. The maximum atomic E-state index is 12.1. The summed E-state index contributed by atoms with van der Waals surface area (Å²) < 4.78 is 1.69. The van der Waals surface area contributed by atoms with E-state index in [0.717, 1.165) is 37.2 Å². The van der Waals surface area contributed by atoms with E-state index < -0.39 is 0 Å². The van der Waals surface area contributed by atoms with Crippen molar-refractivity contribution in [2.24, 2.45) is 18.7 Å². The number of anilines is 1. The minimum absolute atomic E-state index is 0. The second-order valence-corrected chi connectivity index (χ2v) is 4.91. The molecular weight excluding hydrogens is 252 g/mol. The van der Waals surface area contributed by atoms with Crippen LogP contribution in [0.2, 0.25) is 0 Å². The van der Waals surface area contributed by atoms with E-state index in [1.54, 1.807) is 4.68 Å². The first-order valence-electron chi connectivity index (χ1n) is 6.13. The number of hydrogen-bond donors (Lipinski definition) is 2. The van der Waals surface area contributed by atoms with Crippen molar-refractivity contribution in [1.29, 1.82) is 0 Å². The number of aryl methyl sites for hydroxylation is 2. The van der Waals surface area contributed by atoms with Crippen molar-refractivity contribution < 1.29 is 4.79 Å². The predicted octanol–water partition coefficient (Wildman–Crippen LogP) is 1.61. The molecule has 0 spiro atoms. The molecule has 0 saturated heterocycles. The number of amides is 1. The van der Waals surface area contributed by atoms with Crippen LogP contribution >= 0.6 is 12.4 Å². The lowest BCUT2D eigenvalue weighted by molar-refractivity contribution is -0.120. The van der Waals surface area contributed by atoms with Gasteiger partial charge in [0.15, 0.2) is 0 Å². The van der Waals surface area contributed by atoms with Gasteiger partial charge >= 0.3 is 0 Å². The number of carbonyl (C=O) groups is 1. The van der Waals surface area contributed by atoms with Gasteiger partial charge in [0.2, 0.25) is 5.91 Å². The zero-order valence-electron chi connectivity index (χ0n) is 10.8. The van der Waals surface area contributed by atoms with Crippen LogP contribution in [0.4, 0.5) is 5.82 Å². The fourth-order valence-corrected chi connectivity index (χ4v) is 2.42. The number of nitrogens with two attached hydrogens (primary N) is 1. The lowest BCUT2D eigenvalue weighted by atomic mass is 9.85. The van der Waals surface area contributed by atoms with Crippen LogP contribution in [0.5, 0.6) is 0 Å². The van der Waals surface area contributed by atoms with Gasteiger partial charge in [-0.15, -0.1) is 12.4 Å². The number of nitrogens with zero attached hydrogens (tertiary/aromatic N) is 2. The molecule has 102 valence electrons. The van der Waals surface area contributed by atoms with Crippen LogP contribution in [0.25, 0.3) is 0 Å². The maximum absolute atomic E-state index is 12.1. The molecule has 1 amide bonds. The van der Waals surface area contributed by atoms with Crippen LogP contribution in [0.15, 0.2) is 6.07 Å². The molecule has 2 rings (SSSR count). The Labute approximate surface area is 114 Å². The van der Waals surface area contributed by atoms with Crippen LogP contribution in [0, 0.1) is 12.8 Å². The minimum atomic E-state index is 0. The van der Waals surface area contributed by atoms with Crippen molar-refractivity contribution in [2.75, 3.05) is 5.32 Å². The number of nitrogens with one attached hydrogen (secondary N) is 1. The van der Waals surface area contributed by atoms with Crippen LogP contribution in [0.3, 0.4) is 0 Å². The minimum Gasteiger partial charge on any atom is -0.328 e. The first-order valence-corrected chi connectivity index (χ1v) is 6.13. The zero-order chi connectivity index (χ0) is 12.4. The third-order valence-electron chi connectivity index (χ3n) is 3.34. The summed E-state index contributed by atoms with van der Waals surface area (Å²) in [6.45, 7) is 1.91. The third-order valence-corrected chi connectivity index (χ3v) is 3.34. The zero-order valence-corrected chi connectivity index (χ0v) is 11.7. The Balaban J connectivity index is 0.00000162. The molecule has 1 aliphatic carbocycles. The molecule has 0 bridgehead atoms. The van der Waals surface area contributed by atoms with Crippen molar-refractivity contribution >= 4 is 24.1 Å². The molecule has 2 unspecified atom stereocenters. The lowest BCUT2D eigenvalue weighted by Crippen LogP contribution is -2.34. The molecular formula is C12H21ClN4O. The van der Waals surface area contributed by atoms with Gasteiger partial charge in [0, 0.05) is 25.1 Å². The van der Waals surface area contributed by atoms with E-state index >= 15 is 0 Å². The standard InChI is InChI=1S/C12H20N4O.ClH/c1-8-6-11(16(2)15-8)14-12(17)9-4-3-5-10(13)7-9;/h6,9-10H,3-5,7,13H2,1-2H3,(H,14,17);1H. The van der Waals surface area contributed by atoms with Crippen molar-refractivity contribution in [3.8, 4) is 0 Å².